The van der Waals surface area contributed by atoms with Gasteiger partial charge in [0.2, 0.25) is 0 Å². The summed E-state index contributed by atoms with van der Waals surface area (Å²) in [6.45, 7) is 10.3. The van der Waals surface area contributed by atoms with E-state index in [0.29, 0.717) is 0 Å². The van der Waals surface area contributed by atoms with Crippen LogP contribution in [-0.2, 0) is 17.8 Å². The van der Waals surface area contributed by atoms with E-state index in [4.69, 9.17) is 4.74 Å². The summed E-state index contributed by atoms with van der Waals surface area (Å²) >= 11 is 1.86. The number of morpholine rings is 1. The summed E-state index contributed by atoms with van der Waals surface area (Å²) in [5, 5.41) is 2.19. The molecule has 130 valence electrons. The molecule has 4 nitrogen and oxygen atoms in total. The molecule has 0 unspecified atom stereocenters. The number of nitrogens with zero attached hydrogens (tertiary/aromatic N) is 3. The lowest BCUT2D eigenvalue weighted by Crippen LogP contribution is -2.38. The first-order chi connectivity index (χ1) is 11.8. The molecule has 1 saturated heterocycles. The fourth-order valence-electron chi connectivity index (χ4n) is 3.05. The van der Waals surface area contributed by atoms with Crippen LogP contribution in [0, 0.1) is 6.92 Å². The minimum absolute atomic E-state index is 0.881. The van der Waals surface area contributed by atoms with Crippen LogP contribution >= 0.6 is 11.3 Å². The molecular weight excluding hydrogens is 318 g/mol. The van der Waals surface area contributed by atoms with Crippen LogP contribution in [0.3, 0.4) is 0 Å². The van der Waals surface area contributed by atoms with E-state index in [1.165, 1.54) is 16.9 Å². The van der Waals surface area contributed by atoms with Crippen molar-refractivity contribution in [3.05, 3.63) is 52.0 Å². The highest BCUT2D eigenvalue weighted by molar-refractivity contribution is 7.10. The van der Waals surface area contributed by atoms with Crippen molar-refractivity contribution in [2.75, 3.05) is 39.4 Å². The number of thiophene rings is 1. The van der Waals surface area contributed by atoms with Gasteiger partial charge >= 0.3 is 0 Å². The normalized spacial score (nSPS) is 15.9. The fraction of sp³-hybridized carbons (Fsp3) is 0.526. The minimum atomic E-state index is 0.881. The molecule has 5 heteroatoms. The van der Waals surface area contributed by atoms with Crippen molar-refractivity contribution in [3.63, 3.8) is 0 Å². The lowest BCUT2D eigenvalue weighted by atomic mass is 10.2. The highest BCUT2D eigenvalue weighted by Gasteiger charge is 2.13. The average molecular weight is 346 g/mol. The summed E-state index contributed by atoms with van der Waals surface area (Å²) in [5.74, 6) is 0. The Kier molecular flexibility index (Phi) is 6.78. The summed E-state index contributed by atoms with van der Waals surface area (Å²) in [6, 6.07) is 8.39. The second-order valence-corrected chi connectivity index (χ2v) is 7.37. The van der Waals surface area contributed by atoms with Crippen LogP contribution in [0.4, 0.5) is 0 Å². The Balaban J connectivity index is 1.55. The number of aromatic nitrogens is 1. The Morgan fingerprint density at radius 2 is 2.08 bits per heavy atom. The summed E-state index contributed by atoms with van der Waals surface area (Å²) < 4.78 is 5.43. The van der Waals surface area contributed by atoms with Crippen molar-refractivity contribution in [1.82, 2.24) is 14.8 Å². The molecular formula is C19H27N3OS. The highest BCUT2D eigenvalue weighted by Crippen LogP contribution is 2.19. The number of hydrogen-bond donors (Lipinski definition) is 0. The van der Waals surface area contributed by atoms with Crippen LogP contribution in [-0.4, -0.2) is 54.2 Å². The van der Waals surface area contributed by atoms with E-state index in [9.17, 15) is 0 Å². The van der Waals surface area contributed by atoms with E-state index in [-0.39, 0.29) is 0 Å². The molecule has 0 aliphatic carbocycles. The summed E-state index contributed by atoms with van der Waals surface area (Å²) in [6.07, 6.45) is 3.08. The van der Waals surface area contributed by atoms with Crippen molar-refractivity contribution in [2.24, 2.45) is 0 Å². The number of rotatable bonds is 8. The van der Waals surface area contributed by atoms with Crippen molar-refractivity contribution in [3.8, 4) is 0 Å². The average Bonchev–Trinajstić information content (AvgIpc) is 3.01. The topological polar surface area (TPSA) is 28.6 Å². The van der Waals surface area contributed by atoms with Gasteiger partial charge in [0.05, 0.1) is 18.9 Å². The van der Waals surface area contributed by atoms with E-state index in [1.54, 1.807) is 0 Å². The van der Waals surface area contributed by atoms with E-state index in [2.05, 4.69) is 45.3 Å². The van der Waals surface area contributed by atoms with Crippen molar-refractivity contribution >= 4 is 11.3 Å². The smallest absolute Gasteiger partial charge is 0.0594 e. The predicted octanol–water partition coefficient (Wildman–Crippen LogP) is 3.18. The lowest BCUT2D eigenvalue weighted by molar-refractivity contribution is 0.0359. The Morgan fingerprint density at radius 3 is 2.79 bits per heavy atom. The molecule has 0 atom stereocenters. The van der Waals surface area contributed by atoms with Crippen LogP contribution < -0.4 is 0 Å². The molecule has 3 heterocycles. The molecule has 2 aromatic heterocycles. The highest BCUT2D eigenvalue weighted by atomic mass is 32.1. The quantitative estimate of drug-likeness (QED) is 0.735. The maximum Gasteiger partial charge on any atom is 0.0594 e. The maximum atomic E-state index is 5.43. The zero-order chi connectivity index (χ0) is 16.6. The van der Waals surface area contributed by atoms with Crippen molar-refractivity contribution in [2.45, 2.75) is 26.4 Å². The summed E-state index contributed by atoms with van der Waals surface area (Å²) in [4.78, 5) is 11.0. The molecule has 3 rings (SSSR count). The van der Waals surface area contributed by atoms with E-state index < -0.39 is 0 Å². The molecule has 0 radical (unpaired) electrons. The molecule has 1 aliphatic rings. The van der Waals surface area contributed by atoms with Crippen LogP contribution in [0.2, 0.25) is 0 Å². The third kappa shape index (κ3) is 5.38. The number of ether oxygens (including phenoxy) is 1. The zero-order valence-corrected chi connectivity index (χ0v) is 15.3. The van der Waals surface area contributed by atoms with Gasteiger partial charge in [0, 0.05) is 43.8 Å². The largest absolute Gasteiger partial charge is 0.379 e. The third-order valence-corrected chi connectivity index (χ3v) is 5.51. The first-order valence-electron chi connectivity index (χ1n) is 8.76. The Bertz CT molecular complexity index is 596. The van der Waals surface area contributed by atoms with Crippen molar-refractivity contribution < 1.29 is 4.74 Å². The molecule has 0 saturated carbocycles. The van der Waals surface area contributed by atoms with Gasteiger partial charge in [0.25, 0.3) is 0 Å². The van der Waals surface area contributed by atoms with E-state index in [0.717, 1.165) is 58.2 Å². The van der Waals surface area contributed by atoms with Gasteiger partial charge in [-0.05, 0) is 49.0 Å². The second-order valence-electron chi connectivity index (χ2n) is 6.37. The van der Waals surface area contributed by atoms with E-state index in [1.807, 2.05) is 23.6 Å². The molecule has 0 spiro atoms. The zero-order valence-electron chi connectivity index (χ0n) is 14.5. The van der Waals surface area contributed by atoms with Gasteiger partial charge in [-0.1, -0.05) is 6.07 Å². The molecule has 2 aromatic rings. The van der Waals surface area contributed by atoms with Gasteiger partial charge in [-0.15, -0.1) is 11.3 Å². The monoisotopic (exact) mass is 345 g/mol. The first-order valence-corrected chi connectivity index (χ1v) is 9.64. The lowest BCUT2D eigenvalue weighted by Gasteiger charge is -2.28. The van der Waals surface area contributed by atoms with E-state index >= 15 is 0 Å². The molecule has 24 heavy (non-hydrogen) atoms. The minimum Gasteiger partial charge on any atom is -0.379 e. The van der Waals surface area contributed by atoms with Gasteiger partial charge in [-0.3, -0.25) is 14.8 Å². The Morgan fingerprint density at radius 1 is 1.21 bits per heavy atom. The molecule has 1 fully saturated rings. The Labute approximate surface area is 149 Å². The first kappa shape index (κ1) is 17.5. The predicted molar refractivity (Wildman–Crippen MR) is 99.3 cm³/mol. The molecule has 0 aromatic carbocycles. The van der Waals surface area contributed by atoms with Crippen LogP contribution in [0.15, 0.2) is 35.8 Å². The maximum absolute atomic E-state index is 5.43. The molecule has 1 aliphatic heterocycles. The molecule has 0 amide bonds. The van der Waals surface area contributed by atoms with Gasteiger partial charge in [0.15, 0.2) is 0 Å². The SMILES string of the molecule is Cc1ccsc1CN(CCCN1CCOCC1)Cc1ccccn1. The summed E-state index contributed by atoms with van der Waals surface area (Å²) in [7, 11) is 0. The van der Waals surface area contributed by atoms with Gasteiger partial charge in [-0.25, -0.2) is 0 Å². The molecule has 0 bridgehead atoms. The number of pyridine rings is 1. The third-order valence-electron chi connectivity index (χ3n) is 4.50. The van der Waals surface area contributed by atoms with Crippen LogP contribution in [0.5, 0.6) is 0 Å². The van der Waals surface area contributed by atoms with Crippen LogP contribution in [0.1, 0.15) is 22.6 Å². The van der Waals surface area contributed by atoms with Gasteiger partial charge < -0.3 is 4.74 Å². The molecule has 0 N–H and O–H groups in total. The number of hydrogen-bond acceptors (Lipinski definition) is 5. The fourth-order valence-corrected chi connectivity index (χ4v) is 3.99. The van der Waals surface area contributed by atoms with Crippen molar-refractivity contribution in [1.29, 1.82) is 0 Å². The Hall–Kier alpha value is -1.27. The standard InChI is InChI=1S/C19H27N3OS/c1-17-6-14-24-19(17)16-22(15-18-5-2-3-7-20-18)9-4-8-21-10-12-23-13-11-21/h2-3,5-7,14H,4,8-13,15-16H2,1H3. The van der Waals surface area contributed by atoms with Gasteiger partial charge in [0.1, 0.15) is 0 Å². The summed E-state index contributed by atoms with van der Waals surface area (Å²) in [5.41, 5.74) is 2.55. The van der Waals surface area contributed by atoms with Crippen LogP contribution in [0.25, 0.3) is 0 Å². The second kappa shape index (κ2) is 9.28. The number of aryl methyl sites for hydroxylation is 1. The van der Waals surface area contributed by atoms with Gasteiger partial charge in [-0.2, -0.15) is 0 Å².